The van der Waals surface area contributed by atoms with Gasteiger partial charge in [-0.25, -0.2) is 0 Å². The van der Waals surface area contributed by atoms with Crippen LogP contribution in [0.3, 0.4) is 0 Å². The number of amidine groups is 1. The van der Waals surface area contributed by atoms with Gasteiger partial charge in [0, 0.05) is 6.42 Å². The monoisotopic (exact) mass is 384 g/mol. The highest BCUT2D eigenvalue weighted by molar-refractivity contribution is 5.97. The lowest BCUT2D eigenvalue weighted by Gasteiger charge is -2.22. The van der Waals surface area contributed by atoms with Gasteiger partial charge in [-0.05, 0) is 36.1 Å². The van der Waals surface area contributed by atoms with E-state index in [1.165, 1.54) is 5.56 Å². The molecule has 1 heterocycles. The average Bonchev–Trinajstić information content (AvgIpc) is 3.16. The van der Waals surface area contributed by atoms with Crippen LogP contribution in [0.25, 0.3) is 0 Å². The Morgan fingerprint density at radius 1 is 0.862 bits per heavy atom. The molecule has 4 nitrogen and oxygen atoms in total. The van der Waals surface area contributed by atoms with E-state index in [0.717, 1.165) is 17.7 Å². The topological polar surface area (TPSA) is 41.9 Å². The van der Waals surface area contributed by atoms with Crippen LogP contribution in [0.1, 0.15) is 17.5 Å². The van der Waals surface area contributed by atoms with Crippen molar-refractivity contribution in [3.8, 4) is 0 Å². The van der Waals surface area contributed by atoms with Crippen LogP contribution in [0, 0.1) is 0 Å². The van der Waals surface area contributed by atoms with Gasteiger partial charge in [0.1, 0.15) is 6.61 Å². The lowest BCUT2D eigenvalue weighted by atomic mass is 10.0. The molecule has 1 aliphatic heterocycles. The SMILES string of the molecule is O=C(CCc1ccccc1)N1C(=Nc2ccccc2)OC[C@@H]1Cc1ccccc1. The minimum atomic E-state index is -0.0527. The van der Waals surface area contributed by atoms with E-state index in [9.17, 15) is 4.79 Å². The summed E-state index contributed by atoms with van der Waals surface area (Å²) in [5, 5.41) is 0. The highest BCUT2D eigenvalue weighted by atomic mass is 16.5. The fourth-order valence-electron chi connectivity index (χ4n) is 3.53. The summed E-state index contributed by atoms with van der Waals surface area (Å²) in [6, 6.07) is 30.3. The Kier molecular flexibility index (Phi) is 6.01. The normalized spacial score (nSPS) is 17.3. The summed E-state index contributed by atoms with van der Waals surface area (Å²) in [6.45, 7) is 0.456. The van der Waals surface area contributed by atoms with Crippen LogP contribution < -0.4 is 0 Å². The molecule has 0 radical (unpaired) electrons. The zero-order chi connectivity index (χ0) is 19.9. The van der Waals surface area contributed by atoms with Crippen molar-refractivity contribution in [2.24, 2.45) is 4.99 Å². The van der Waals surface area contributed by atoms with Gasteiger partial charge >= 0.3 is 0 Å². The Balaban J connectivity index is 1.55. The summed E-state index contributed by atoms with van der Waals surface area (Å²) in [5.74, 6) is 0.0435. The summed E-state index contributed by atoms with van der Waals surface area (Å²) < 4.78 is 5.88. The van der Waals surface area contributed by atoms with Crippen molar-refractivity contribution in [3.63, 3.8) is 0 Å². The van der Waals surface area contributed by atoms with E-state index in [2.05, 4.69) is 17.1 Å². The van der Waals surface area contributed by atoms with Crippen molar-refractivity contribution in [2.75, 3.05) is 6.61 Å². The van der Waals surface area contributed by atoms with Gasteiger partial charge in [0.25, 0.3) is 6.02 Å². The van der Waals surface area contributed by atoms with Gasteiger partial charge in [-0.1, -0.05) is 78.9 Å². The third-order valence-electron chi connectivity index (χ3n) is 5.01. The maximum atomic E-state index is 13.2. The first-order valence-corrected chi connectivity index (χ1v) is 9.96. The zero-order valence-electron chi connectivity index (χ0n) is 16.3. The number of amides is 1. The van der Waals surface area contributed by atoms with E-state index in [4.69, 9.17) is 4.74 Å². The molecule has 3 aromatic rings. The van der Waals surface area contributed by atoms with Gasteiger partial charge in [0.2, 0.25) is 5.91 Å². The van der Waals surface area contributed by atoms with E-state index in [1.807, 2.05) is 78.9 Å². The fourth-order valence-corrected chi connectivity index (χ4v) is 3.53. The molecule has 0 bridgehead atoms. The maximum Gasteiger partial charge on any atom is 0.299 e. The molecule has 1 saturated heterocycles. The number of rotatable bonds is 6. The molecule has 0 aliphatic carbocycles. The predicted molar refractivity (Wildman–Crippen MR) is 115 cm³/mol. The second-order valence-electron chi connectivity index (χ2n) is 7.13. The molecule has 4 heteroatoms. The van der Waals surface area contributed by atoms with Gasteiger partial charge < -0.3 is 4.74 Å². The van der Waals surface area contributed by atoms with Crippen LogP contribution in [0.4, 0.5) is 5.69 Å². The van der Waals surface area contributed by atoms with Crippen molar-refractivity contribution in [3.05, 3.63) is 102 Å². The number of aryl methyl sites for hydroxylation is 1. The molecule has 1 atom stereocenters. The highest BCUT2D eigenvalue weighted by Crippen LogP contribution is 2.22. The molecule has 4 rings (SSSR count). The highest BCUT2D eigenvalue weighted by Gasteiger charge is 2.36. The third-order valence-corrected chi connectivity index (χ3v) is 5.01. The first kappa shape index (κ1) is 18.9. The zero-order valence-corrected chi connectivity index (χ0v) is 16.3. The van der Waals surface area contributed by atoms with Crippen LogP contribution in [0.5, 0.6) is 0 Å². The number of carbonyl (C=O) groups is 1. The summed E-state index contributed by atoms with van der Waals surface area (Å²) in [4.78, 5) is 19.5. The van der Waals surface area contributed by atoms with Crippen molar-refractivity contribution in [1.82, 2.24) is 4.90 Å². The Morgan fingerprint density at radius 2 is 1.45 bits per heavy atom. The molecular weight excluding hydrogens is 360 g/mol. The van der Waals surface area contributed by atoms with Crippen LogP contribution in [0.2, 0.25) is 0 Å². The number of ether oxygens (including phenoxy) is 1. The number of benzene rings is 3. The molecule has 0 N–H and O–H groups in total. The second-order valence-corrected chi connectivity index (χ2v) is 7.13. The minimum Gasteiger partial charge on any atom is -0.462 e. The number of nitrogens with zero attached hydrogens (tertiary/aromatic N) is 2. The molecule has 0 saturated carbocycles. The molecule has 0 unspecified atom stereocenters. The van der Waals surface area contributed by atoms with Crippen LogP contribution in [0.15, 0.2) is 96.0 Å². The van der Waals surface area contributed by atoms with Crippen molar-refractivity contribution in [2.45, 2.75) is 25.3 Å². The molecule has 1 amide bonds. The molecule has 0 aromatic heterocycles. The summed E-state index contributed by atoms with van der Waals surface area (Å²) in [6.07, 6.45) is 1.87. The first-order valence-electron chi connectivity index (χ1n) is 9.96. The number of para-hydroxylation sites is 1. The van der Waals surface area contributed by atoms with Crippen molar-refractivity contribution >= 4 is 17.6 Å². The molecule has 1 fully saturated rings. The predicted octanol–water partition coefficient (Wildman–Crippen LogP) is 4.78. The third kappa shape index (κ3) is 4.91. The standard InChI is InChI=1S/C25H24N2O2/c28-24(17-16-20-10-4-1-5-11-20)27-23(18-21-12-6-2-7-13-21)19-29-25(27)26-22-14-8-3-9-15-22/h1-15,23H,16-19H2/t23-/m0/s1. The molecule has 1 aliphatic rings. The van der Waals surface area contributed by atoms with Gasteiger partial charge in [-0.2, -0.15) is 4.99 Å². The van der Waals surface area contributed by atoms with Gasteiger partial charge in [-0.3, -0.25) is 9.69 Å². The van der Waals surface area contributed by atoms with Gasteiger partial charge in [0.15, 0.2) is 0 Å². The van der Waals surface area contributed by atoms with Crippen molar-refractivity contribution < 1.29 is 9.53 Å². The van der Waals surface area contributed by atoms with Crippen LogP contribution >= 0.6 is 0 Å². The number of hydrogen-bond acceptors (Lipinski definition) is 3. The van der Waals surface area contributed by atoms with Crippen molar-refractivity contribution in [1.29, 1.82) is 0 Å². The van der Waals surface area contributed by atoms with Crippen LogP contribution in [-0.4, -0.2) is 29.5 Å². The summed E-state index contributed by atoms with van der Waals surface area (Å²) in [5.41, 5.74) is 3.12. The Bertz CT molecular complexity index is 956. The van der Waals surface area contributed by atoms with Gasteiger partial charge in [0.05, 0.1) is 11.7 Å². The lowest BCUT2D eigenvalue weighted by Crippen LogP contribution is -2.41. The van der Waals surface area contributed by atoms with E-state index in [1.54, 1.807) is 4.90 Å². The van der Waals surface area contributed by atoms with Gasteiger partial charge in [-0.15, -0.1) is 0 Å². The maximum absolute atomic E-state index is 13.2. The number of carbonyl (C=O) groups excluding carboxylic acids is 1. The van der Waals surface area contributed by atoms with E-state index >= 15 is 0 Å². The fraction of sp³-hybridized carbons (Fsp3) is 0.200. The average molecular weight is 384 g/mol. The van der Waals surface area contributed by atoms with E-state index < -0.39 is 0 Å². The quantitative estimate of drug-likeness (QED) is 0.614. The Labute approximate surface area is 171 Å². The lowest BCUT2D eigenvalue weighted by molar-refractivity contribution is -0.128. The summed E-state index contributed by atoms with van der Waals surface area (Å²) >= 11 is 0. The second kappa shape index (κ2) is 9.20. The minimum absolute atomic E-state index is 0.0435. The number of hydrogen-bond donors (Lipinski definition) is 0. The summed E-state index contributed by atoms with van der Waals surface area (Å²) in [7, 11) is 0. The molecule has 29 heavy (non-hydrogen) atoms. The Morgan fingerprint density at radius 3 is 2.10 bits per heavy atom. The smallest absolute Gasteiger partial charge is 0.299 e. The molecular formula is C25H24N2O2. The molecule has 0 spiro atoms. The molecule has 3 aromatic carbocycles. The van der Waals surface area contributed by atoms with E-state index in [-0.39, 0.29) is 11.9 Å². The number of aliphatic imine (C=N–C) groups is 1. The molecule has 146 valence electrons. The largest absolute Gasteiger partial charge is 0.462 e. The van der Waals surface area contributed by atoms with E-state index in [0.29, 0.717) is 25.5 Å². The first-order chi connectivity index (χ1) is 14.3. The Hall–Kier alpha value is -3.40. The van der Waals surface area contributed by atoms with Crippen LogP contribution in [-0.2, 0) is 22.4 Å².